The van der Waals surface area contributed by atoms with Crippen LogP contribution in [0.25, 0.3) is 0 Å². The van der Waals surface area contributed by atoms with E-state index in [1.807, 2.05) is 0 Å². The molecule has 3 rings (SSSR count). The van der Waals surface area contributed by atoms with Crippen LogP contribution in [0.4, 0.5) is 4.79 Å². The van der Waals surface area contributed by atoms with Crippen LogP contribution in [0.15, 0.2) is 0 Å². The van der Waals surface area contributed by atoms with E-state index in [0.29, 0.717) is 6.54 Å². The van der Waals surface area contributed by atoms with E-state index >= 15 is 0 Å². The number of amides is 3. The molecule has 3 heterocycles. The number of imide groups is 1. The first-order chi connectivity index (χ1) is 9.01. The van der Waals surface area contributed by atoms with Crippen molar-refractivity contribution in [1.82, 2.24) is 20.9 Å². The van der Waals surface area contributed by atoms with Gasteiger partial charge in [-0.05, 0) is 37.8 Å². The van der Waals surface area contributed by atoms with E-state index in [4.69, 9.17) is 0 Å². The van der Waals surface area contributed by atoms with Gasteiger partial charge in [0.25, 0.3) is 5.91 Å². The molecular weight excluding hydrogens is 244 g/mol. The fourth-order valence-corrected chi connectivity index (χ4v) is 3.64. The predicted octanol–water partition coefficient (Wildman–Crippen LogP) is -0.340. The molecule has 0 aliphatic carbocycles. The Morgan fingerprint density at radius 1 is 1.32 bits per heavy atom. The van der Waals surface area contributed by atoms with E-state index in [0.717, 1.165) is 39.0 Å². The zero-order valence-corrected chi connectivity index (χ0v) is 11.4. The summed E-state index contributed by atoms with van der Waals surface area (Å²) in [6.45, 7) is 7.05. The summed E-state index contributed by atoms with van der Waals surface area (Å²) in [4.78, 5) is 25.7. The van der Waals surface area contributed by atoms with Gasteiger partial charge in [0.05, 0.1) is 0 Å². The number of urea groups is 1. The Balaban J connectivity index is 1.68. The van der Waals surface area contributed by atoms with E-state index in [1.54, 1.807) is 0 Å². The fraction of sp³-hybridized carbons (Fsp3) is 0.846. The molecule has 0 saturated carbocycles. The first-order valence-corrected chi connectivity index (χ1v) is 7.08. The van der Waals surface area contributed by atoms with Crippen LogP contribution in [0, 0.1) is 5.41 Å². The van der Waals surface area contributed by atoms with Crippen molar-refractivity contribution in [2.24, 2.45) is 5.41 Å². The highest BCUT2D eigenvalue weighted by Gasteiger charge is 2.49. The maximum Gasteiger partial charge on any atom is 0.322 e. The van der Waals surface area contributed by atoms with Crippen molar-refractivity contribution < 1.29 is 9.59 Å². The SMILES string of the molecule is CC1(CN2CCCC3(C2)NC(=O)NC3=O)CCNC1. The van der Waals surface area contributed by atoms with Crippen LogP contribution in [-0.4, -0.2) is 55.1 Å². The van der Waals surface area contributed by atoms with Gasteiger partial charge in [-0.25, -0.2) is 4.79 Å². The molecule has 0 radical (unpaired) electrons. The number of hydrogen-bond donors (Lipinski definition) is 3. The number of hydrogen-bond acceptors (Lipinski definition) is 4. The Morgan fingerprint density at radius 3 is 2.79 bits per heavy atom. The van der Waals surface area contributed by atoms with Crippen LogP contribution in [0.2, 0.25) is 0 Å². The second-order valence-corrected chi connectivity index (χ2v) is 6.54. The van der Waals surface area contributed by atoms with Gasteiger partial charge in [-0.2, -0.15) is 0 Å². The number of likely N-dealkylation sites (tertiary alicyclic amines) is 1. The number of carbonyl (C=O) groups is 2. The van der Waals surface area contributed by atoms with Crippen LogP contribution in [0.5, 0.6) is 0 Å². The normalized spacial score (nSPS) is 39.6. The predicted molar refractivity (Wildman–Crippen MR) is 70.7 cm³/mol. The highest BCUT2D eigenvalue weighted by atomic mass is 16.2. The van der Waals surface area contributed by atoms with Crippen molar-refractivity contribution in [3.8, 4) is 0 Å². The van der Waals surface area contributed by atoms with Crippen LogP contribution < -0.4 is 16.0 Å². The Morgan fingerprint density at radius 2 is 2.16 bits per heavy atom. The molecule has 3 N–H and O–H groups in total. The summed E-state index contributed by atoms with van der Waals surface area (Å²) in [6, 6.07) is -0.347. The Labute approximate surface area is 113 Å². The smallest absolute Gasteiger partial charge is 0.322 e. The molecule has 3 aliphatic heterocycles. The fourth-order valence-electron chi connectivity index (χ4n) is 3.64. The van der Waals surface area contributed by atoms with Crippen molar-refractivity contribution in [1.29, 1.82) is 0 Å². The van der Waals surface area contributed by atoms with E-state index in [1.165, 1.54) is 6.42 Å². The summed E-state index contributed by atoms with van der Waals surface area (Å²) in [5.41, 5.74) is -0.394. The molecular formula is C13H22N4O2. The third-order valence-corrected chi connectivity index (χ3v) is 4.65. The lowest BCUT2D eigenvalue weighted by molar-refractivity contribution is -0.126. The van der Waals surface area contributed by atoms with Gasteiger partial charge in [-0.15, -0.1) is 0 Å². The minimum absolute atomic E-state index is 0.156. The van der Waals surface area contributed by atoms with Gasteiger partial charge >= 0.3 is 6.03 Å². The second kappa shape index (κ2) is 4.45. The monoisotopic (exact) mass is 266 g/mol. The number of nitrogens with zero attached hydrogens (tertiary/aromatic N) is 1. The molecule has 3 saturated heterocycles. The van der Waals surface area contributed by atoms with Crippen molar-refractivity contribution in [3.05, 3.63) is 0 Å². The van der Waals surface area contributed by atoms with Crippen molar-refractivity contribution >= 4 is 11.9 Å². The first-order valence-electron chi connectivity index (χ1n) is 7.08. The quantitative estimate of drug-likeness (QED) is 0.598. The Bertz CT molecular complexity index is 405. The molecule has 0 aromatic carbocycles. The highest BCUT2D eigenvalue weighted by Crippen LogP contribution is 2.30. The molecule has 0 bridgehead atoms. The van der Waals surface area contributed by atoms with Gasteiger partial charge in [0, 0.05) is 19.6 Å². The summed E-state index contributed by atoms with van der Waals surface area (Å²) in [5.74, 6) is -0.156. The van der Waals surface area contributed by atoms with Crippen LogP contribution in [0.3, 0.4) is 0 Å². The van der Waals surface area contributed by atoms with Crippen molar-refractivity contribution in [2.75, 3.05) is 32.7 Å². The number of piperidine rings is 1. The minimum atomic E-state index is -0.683. The van der Waals surface area contributed by atoms with Crippen LogP contribution >= 0.6 is 0 Å². The standard InChI is InChI=1S/C13H22N4O2/c1-12(4-5-14-7-12)8-17-6-2-3-13(9-17)10(18)15-11(19)16-13/h14H,2-9H2,1H3,(H2,15,16,18,19). The summed E-state index contributed by atoms with van der Waals surface area (Å²) < 4.78 is 0. The number of nitrogens with one attached hydrogen (secondary N) is 3. The second-order valence-electron chi connectivity index (χ2n) is 6.54. The summed E-state index contributed by atoms with van der Waals surface area (Å²) >= 11 is 0. The molecule has 6 nitrogen and oxygen atoms in total. The maximum atomic E-state index is 12.0. The average molecular weight is 266 g/mol. The molecule has 106 valence electrons. The zero-order valence-electron chi connectivity index (χ0n) is 11.4. The lowest BCUT2D eigenvalue weighted by atomic mass is 9.85. The van der Waals surface area contributed by atoms with Gasteiger partial charge in [-0.3, -0.25) is 15.0 Å². The van der Waals surface area contributed by atoms with Crippen molar-refractivity contribution in [3.63, 3.8) is 0 Å². The molecule has 2 unspecified atom stereocenters. The van der Waals surface area contributed by atoms with Crippen LogP contribution in [0.1, 0.15) is 26.2 Å². The lowest BCUT2D eigenvalue weighted by Crippen LogP contribution is -2.59. The van der Waals surface area contributed by atoms with Gasteiger partial charge in [0.15, 0.2) is 0 Å². The largest absolute Gasteiger partial charge is 0.322 e. The molecule has 2 atom stereocenters. The molecule has 3 fully saturated rings. The molecule has 3 aliphatic rings. The van der Waals surface area contributed by atoms with E-state index in [9.17, 15) is 9.59 Å². The molecule has 6 heteroatoms. The number of rotatable bonds is 2. The Hall–Kier alpha value is -1.14. The molecule has 19 heavy (non-hydrogen) atoms. The number of carbonyl (C=O) groups excluding carboxylic acids is 2. The van der Waals surface area contributed by atoms with Crippen molar-refractivity contribution in [2.45, 2.75) is 31.7 Å². The Kier molecular flexibility index (Phi) is 3.02. The summed E-state index contributed by atoms with van der Waals surface area (Å²) in [7, 11) is 0. The lowest BCUT2D eigenvalue weighted by Gasteiger charge is -2.41. The molecule has 3 amide bonds. The van der Waals surface area contributed by atoms with Gasteiger partial charge in [-0.1, -0.05) is 6.92 Å². The van der Waals surface area contributed by atoms with E-state index in [2.05, 4.69) is 27.8 Å². The van der Waals surface area contributed by atoms with E-state index < -0.39 is 5.54 Å². The summed E-state index contributed by atoms with van der Waals surface area (Å²) in [5, 5.41) is 8.61. The highest BCUT2D eigenvalue weighted by molar-refractivity contribution is 6.07. The molecule has 0 aromatic heterocycles. The first kappa shape index (κ1) is 12.9. The topological polar surface area (TPSA) is 73.5 Å². The van der Waals surface area contributed by atoms with E-state index in [-0.39, 0.29) is 17.4 Å². The van der Waals surface area contributed by atoms with Crippen LogP contribution in [-0.2, 0) is 4.79 Å². The molecule has 0 aromatic rings. The van der Waals surface area contributed by atoms with Gasteiger partial charge in [0.2, 0.25) is 0 Å². The minimum Gasteiger partial charge on any atom is -0.322 e. The molecule has 1 spiro atoms. The maximum absolute atomic E-state index is 12.0. The summed E-state index contributed by atoms with van der Waals surface area (Å²) in [6.07, 6.45) is 2.88. The third-order valence-electron chi connectivity index (χ3n) is 4.65. The van der Waals surface area contributed by atoms with Gasteiger partial charge < -0.3 is 10.6 Å². The third kappa shape index (κ3) is 2.34. The average Bonchev–Trinajstić information content (AvgIpc) is 2.85. The van der Waals surface area contributed by atoms with Gasteiger partial charge in [0.1, 0.15) is 5.54 Å². The zero-order chi connectivity index (χ0) is 13.5.